The van der Waals surface area contributed by atoms with Gasteiger partial charge in [-0.2, -0.15) is 0 Å². The third-order valence-corrected chi connectivity index (χ3v) is 3.62. The van der Waals surface area contributed by atoms with E-state index in [0.717, 1.165) is 30.9 Å². The second-order valence-electron chi connectivity index (χ2n) is 6.23. The third kappa shape index (κ3) is 6.38. The molecule has 0 bridgehead atoms. The molecule has 0 aliphatic heterocycles. The first kappa shape index (κ1) is 17.9. The number of nitrogens with zero attached hydrogens (tertiary/aromatic N) is 2. The van der Waals surface area contributed by atoms with Crippen molar-refractivity contribution in [3.63, 3.8) is 0 Å². The molecule has 2 aromatic rings. The van der Waals surface area contributed by atoms with Crippen LogP contribution in [-0.2, 0) is 11.2 Å². The Morgan fingerprint density at radius 3 is 2.50 bits per heavy atom. The van der Waals surface area contributed by atoms with E-state index < -0.39 is 0 Å². The molecular formula is C19H26N4O. The summed E-state index contributed by atoms with van der Waals surface area (Å²) in [5.74, 6) is 0.789. The van der Waals surface area contributed by atoms with Crippen molar-refractivity contribution in [2.75, 3.05) is 37.8 Å². The van der Waals surface area contributed by atoms with E-state index in [1.54, 1.807) is 6.20 Å². The smallest absolute Gasteiger partial charge is 0.228 e. The van der Waals surface area contributed by atoms with Gasteiger partial charge in [0.05, 0.1) is 18.3 Å². The van der Waals surface area contributed by atoms with Crippen molar-refractivity contribution in [3.05, 3.63) is 53.7 Å². The molecule has 0 fully saturated rings. The first-order valence-electron chi connectivity index (χ1n) is 8.23. The van der Waals surface area contributed by atoms with Gasteiger partial charge in [0.1, 0.15) is 5.82 Å². The lowest BCUT2D eigenvalue weighted by molar-refractivity contribution is -0.115. The summed E-state index contributed by atoms with van der Waals surface area (Å²) < 4.78 is 0. The van der Waals surface area contributed by atoms with Crippen LogP contribution >= 0.6 is 0 Å². The number of pyridine rings is 1. The highest BCUT2D eigenvalue weighted by molar-refractivity contribution is 5.92. The van der Waals surface area contributed by atoms with Crippen LogP contribution in [0.2, 0.25) is 0 Å². The highest BCUT2D eigenvalue weighted by Crippen LogP contribution is 2.11. The van der Waals surface area contributed by atoms with Crippen LogP contribution in [0.25, 0.3) is 0 Å². The summed E-state index contributed by atoms with van der Waals surface area (Å²) in [7, 11) is 4.12. The number of carbonyl (C=O) groups is 1. The standard InChI is InChI=1S/C19H26N4O/c1-15-5-7-16(8-6-15)13-19(24)22-17-9-10-18(21-14-17)20-11-4-12-23(2)3/h5-10,14H,4,11-13H2,1-3H3,(H,20,21)(H,22,24). The van der Waals surface area contributed by atoms with E-state index in [-0.39, 0.29) is 5.91 Å². The van der Waals surface area contributed by atoms with Gasteiger partial charge in [-0.05, 0) is 51.7 Å². The zero-order valence-corrected chi connectivity index (χ0v) is 14.7. The maximum Gasteiger partial charge on any atom is 0.228 e. The third-order valence-electron chi connectivity index (χ3n) is 3.62. The highest BCUT2D eigenvalue weighted by Gasteiger charge is 2.04. The Kier molecular flexibility index (Phi) is 6.75. The minimum Gasteiger partial charge on any atom is -0.370 e. The molecule has 24 heavy (non-hydrogen) atoms. The molecular weight excluding hydrogens is 300 g/mol. The van der Waals surface area contributed by atoms with Crippen molar-refractivity contribution in [2.24, 2.45) is 0 Å². The number of anilines is 2. The molecule has 1 amide bonds. The van der Waals surface area contributed by atoms with Gasteiger partial charge < -0.3 is 15.5 Å². The molecule has 2 rings (SSSR count). The maximum atomic E-state index is 12.1. The van der Waals surface area contributed by atoms with E-state index in [1.165, 1.54) is 5.56 Å². The van der Waals surface area contributed by atoms with Crippen LogP contribution in [0.4, 0.5) is 11.5 Å². The van der Waals surface area contributed by atoms with Gasteiger partial charge in [0.15, 0.2) is 0 Å². The molecule has 0 saturated heterocycles. The Morgan fingerprint density at radius 1 is 1.12 bits per heavy atom. The Labute approximate surface area is 144 Å². The molecule has 5 nitrogen and oxygen atoms in total. The molecule has 0 atom stereocenters. The van der Waals surface area contributed by atoms with Gasteiger partial charge in [-0.1, -0.05) is 29.8 Å². The van der Waals surface area contributed by atoms with Crippen molar-refractivity contribution in [1.29, 1.82) is 0 Å². The fourth-order valence-electron chi connectivity index (χ4n) is 2.28. The second-order valence-corrected chi connectivity index (χ2v) is 6.23. The molecule has 5 heteroatoms. The monoisotopic (exact) mass is 326 g/mol. The van der Waals surface area contributed by atoms with Crippen molar-refractivity contribution in [1.82, 2.24) is 9.88 Å². The van der Waals surface area contributed by atoms with E-state index in [0.29, 0.717) is 12.1 Å². The number of nitrogens with one attached hydrogen (secondary N) is 2. The van der Waals surface area contributed by atoms with E-state index in [2.05, 4.69) is 34.6 Å². The predicted molar refractivity (Wildman–Crippen MR) is 99.4 cm³/mol. The van der Waals surface area contributed by atoms with Crippen molar-refractivity contribution in [3.8, 4) is 0 Å². The predicted octanol–water partition coefficient (Wildman–Crippen LogP) is 2.93. The van der Waals surface area contributed by atoms with Crippen LogP contribution in [0, 0.1) is 6.92 Å². The lowest BCUT2D eigenvalue weighted by atomic mass is 10.1. The van der Waals surface area contributed by atoms with Gasteiger partial charge in [-0.25, -0.2) is 4.98 Å². The van der Waals surface area contributed by atoms with Gasteiger partial charge in [0.25, 0.3) is 0 Å². The van der Waals surface area contributed by atoms with E-state index in [1.807, 2.05) is 43.3 Å². The first-order chi connectivity index (χ1) is 11.5. The lowest BCUT2D eigenvalue weighted by Gasteiger charge is -2.10. The lowest BCUT2D eigenvalue weighted by Crippen LogP contribution is -2.17. The molecule has 1 heterocycles. The average Bonchev–Trinajstić information content (AvgIpc) is 2.55. The Morgan fingerprint density at radius 2 is 1.88 bits per heavy atom. The van der Waals surface area contributed by atoms with Crippen LogP contribution in [0.15, 0.2) is 42.6 Å². The van der Waals surface area contributed by atoms with Gasteiger partial charge in [-0.15, -0.1) is 0 Å². The maximum absolute atomic E-state index is 12.1. The fourth-order valence-corrected chi connectivity index (χ4v) is 2.28. The average molecular weight is 326 g/mol. The largest absolute Gasteiger partial charge is 0.370 e. The zero-order valence-electron chi connectivity index (χ0n) is 14.7. The molecule has 0 saturated carbocycles. The topological polar surface area (TPSA) is 57.3 Å². The molecule has 0 aliphatic carbocycles. The number of amides is 1. The number of hydrogen-bond acceptors (Lipinski definition) is 4. The zero-order chi connectivity index (χ0) is 17.4. The minimum absolute atomic E-state index is 0.0349. The molecule has 0 radical (unpaired) electrons. The second kappa shape index (κ2) is 9.03. The molecule has 0 aliphatic rings. The van der Waals surface area contributed by atoms with Gasteiger partial charge in [0, 0.05) is 6.54 Å². The fraction of sp³-hybridized carbons (Fsp3) is 0.368. The highest BCUT2D eigenvalue weighted by atomic mass is 16.1. The van der Waals surface area contributed by atoms with Gasteiger partial charge >= 0.3 is 0 Å². The van der Waals surface area contributed by atoms with Crippen molar-refractivity contribution in [2.45, 2.75) is 19.8 Å². The molecule has 2 N–H and O–H groups in total. The van der Waals surface area contributed by atoms with Gasteiger partial charge in [0.2, 0.25) is 5.91 Å². The molecule has 0 unspecified atom stereocenters. The SMILES string of the molecule is Cc1ccc(CC(=O)Nc2ccc(NCCCN(C)C)nc2)cc1. The van der Waals surface area contributed by atoms with Gasteiger partial charge in [-0.3, -0.25) is 4.79 Å². The van der Waals surface area contributed by atoms with Crippen LogP contribution in [0.1, 0.15) is 17.5 Å². The number of carbonyl (C=O) groups excluding carboxylic acids is 1. The summed E-state index contributed by atoms with van der Waals surface area (Å²) >= 11 is 0. The van der Waals surface area contributed by atoms with Crippen molar-refractivity contribution >= 4 is 17.4 Å². The Bertz CT molecular complexity index is 635. The normalized spacial score (nSPS) is 10.7. The summed E-state index contributed by atoms with van der Waals surface area (Å²) in [6, 6.07) is 11.7. The number of aryl methyl sites for hydroxylation is 1. The summed E-state index contributed by atoms with van der Waals surface area (Å²) in [5, 5.41) is 6.15. The van der Waals surface area contributed by atoms with E-state index >= 15 is 0 Å². The van der Waals surface area contributed by atoms with Crippen LogP contribution in [-0.4, -0.2) is 43.0 Å². The molecule has 0 spiro atoms. The van der Waals surface area contributed by atoms with Crippen LogP contribution < -0.4 is 10.6 Å². The number of benzene rings is 1. The molecule has 1 aromatic heterocycles. The summed E-state index contributed by atoms with van der Waals surface area (Å²) in [5.41, 5.74) is 2.91. The molecule has 1 aromatic carbocycles. The summed E-state index contributed by atoms with van der Waals surface area (Å²) in [6.45, 7) is 3.95. The minimum atomic E-state index is -0.0349. The van der Waals surface area contributed by atoms with E-state index in [9.17, 15) is 4.79 Å². The number of aromatic nitrogens is 1. The quantitative estimate of drug-likeness (QED) is 0.732. The van der Waals surface area contributed by atoms with Crippen LogP contribution in [0.3, 0.4) is 0 Å². The summed E-state index contributed by atoms with van der Waals surface area (Å²) in [4.78, 5) is 18.5. The molecule has 128 valence electrons. The summed E-state index contributed by atoms with van der Waals surface area (Å²) in [6.07, 6.45) is 3.11. The van der Waals surface area contributed by atoms with Crippen molar-refractivity contribution < 1.29 is 4.79 Å². The Balaban J connectivity index is 1.78. The van der Waals surface area contributed by atoms with Crippen LogP contribution in [0.5, 0.6) is 0 Å². The number of rotatable bonds is 8. The first-order valence-corrected chi connectivity index (χ1v) is 8.23. The Hall–Kier alpha value is -2.40. The number of hydrogen-bond donors (Lipinski definition) is 2. The van der Waals surface area contributed by atoms with E-state index in [4.69, 9.17) is 0 Å².